The first-order valence-corrected chi connectivity index (χ1v) is 24.7. The average Bonchev–Trinajstić information content (AvgIpc) is 4.14. The van der Waals surface area contributed by atoms with Gasteiger partial charge in [0.15, 0.2) is 24.8 Å². The molecule has 4 heterocycles. The standard InChI is InChI=1S/C66H52N6/c1-66(2)62-41-52(50-32-37-69(4)38-33-50)16-26-58(62)59-27-24-57(43-63(59)66)71(53-18-10-46(11-19-53)45-8-6-5-7-9-45)54-20-14-48(15-21-54)51-17-28-64-60(40-51)61-42-56(70-39-34-67-44-70)25-29-65(61)72(64)55-22-12-47(13-23-55)49-30-35-68(3)36-31-49/h5-44H,1-4H3/q+2. The van der Waals surface area contributed by atoms with E-state index in [1.54, 1.807) is 0 Å². The second kappa shape index (κ2) is 17.1. The van der Waals surface area contributed by atoms with Crippen molar-refractivity contribution in [1.82, 2.24) is 14.1 Å². The van der Waals surface area contributed by atoms with Crippen LogP contribution in [0.1, 0.15) is 25.0 Å². The average molecular weight is 929 g/mol. The first kappa shape index (κ1) is 42.9. The summed E-state index contributed by atoms with van der Waals surface area (Å²) in [5.41, 5.74) is 22.5. The van der Waals surface area contributed by atoms with Gasteiger partial charge in [-0.05, 0) is 152 Å². The minimum Gasteiger partial charge on any atom is -0.310 e. The first-order chi connectivity index (χ1) is 35.2. The number of pyridine rings is 2. The zero-order valence-corrected chi connectivity index (χ0v) is 40.8. The Morgan fingerprint density at radius 1 is 0.417 bits per heavy atom. The van der Waals surface area contributed by atoms with Crippen molar-refractivity contribution in [3.05, 3.63) is 255 Å². The van der Waals surface area contributed by atoms with E-state index in [2.05, 4.69) is 274 Å². The van der Waals surface area contributed by atoms with Gasteiger partial charge in [-0.25, -0.2) is 14.1 Å². The van der Waals surface area contributed by atoms with E-state index in [-0.39, 0.29) is 5.41 Å². The summed E-state index contributed by atoms with van der Waals surface area (Å²) in [7, 11) is 4.11. The summed E-state index contributed by atoms with van der Waals surface area (Å²) in [5.74, 6) is 0. The van der Waals surface area contributed by atoms with Crippen LogP contribution in [0, 0.1) is 0 Å². The van der Waals surface area contributed by atoms with Crippen molar-refractivity contribution in [3.63, 3.8) is 0 Å². The molecular formula is C66H52N6+2. The van der Waals surface area contributed by atoms with Crippen molar-refractivity contribution >= 4 is 38.9 Å². The molecule has 0 spiro atoms. The van der Waals surface area contributed by atoms with Crippen LogP contribution in [0.5, 0.6) is 0 Å². The fourth-order valence-electron chi connectivity index (χ4n) is 11.0. The summed E-state index contributed by atoms with van der Waals surface area (Å²) >= 11 is 0. The van der Waals surface area contributed by atoms with Gasteiger partial charge in [-0.1, -0.05) is 105 Å². The van der Waals surface area contributed by atoms with Gasteiger partial charge in [0.25, 0.3) is 0 Å². The molecule has 4 aromatic heterocycles. The minimum atomic E-state index is -0.200. The molecular weight excluding hydrogens is 877 g/mol. The molecule has 0 amide bonds. The monoisotopic (exact) mass is 928 g/mol. The van der Waals surface area contributed by atoms with Crippen molar-refractivity contribution in [2.75, 3.05) is 4.90 Å². The zero-order chi connectivity index (χ0) is 48.5. The lowest BCUT2D eigenvalue weighted by Gasteiger charge is -2.28. The van der Waals surface area contributed by atoms with Crippen LogP contribution >= 0.6 is 0 Å². The Kier molecular flexibility index (Phi) is 10.2. The predicted molar refractivity (Wildman–Crippen MR) is 294 cm³/mol. The number of aryl methyl sites for hydroxylation is 2. The van der Waals surface area contributed by atoms with Crippen LogP contribution < -0.4 is 14.0 Å². The Balaban J connectivity index is 0.891. The number of hydrogen-bond donors (Lipinski definition) is 0. The largest absolute Gasteiger partial charge is 0.310 e. The van der Waals surface area contributed by atoms with E-state index >= 15 is 0 Å². The summed E-state index contributed by atoms with van der Waals surface area (Å²) in [6.07, 6.45) is 14.1. The summed E-state index contributed by atoms with van der Waals surface area (Å²) in [6.45, 7) is 4.75. The fourth-order valence-corrected chi connectivity index (χ4v) is 11.0. The van der Waals surface area contributed by atoms with Crippen molar-refractivity contribution in [2.45, 2.75) is 19.3 Å². The number of fused-ring (bicyclic) bond motifs is 6. The molecule has 0 atom stereocenters. The molecule has 0 aliphatic heterocycles. The molecule has 72 heavy (non-hydrogen) atoms. The van der Waals surface area contributed by atoms with Crippen molar-refractivity contribution in [1.29, 1.82) is 0 Å². The maximum atomic E-state index is 4.36. The number of nitrogens with zero attached hydrogens (tertiary/aromatic N) is 6. The van der Waals surface area contributed by atoms with E-state index in [1.165, 1.54) is 66.4 Å². The number of benzene rings is 8. The Labute approximate surface area is 420 Å². The summed E-state index contributed by atoms with van der Waals surface area (Å²) in [4.78, 5) is 6.76. The molecule has 6 heteroatoms. The van der Waals surface area contributed by atoms with Gasteiger partial charge in [0, 0.05) is 81.3 Å². The van der Waals surface area contributed by atoms with Crippen LogP contribution in [0.4, 0.5) is 17.1 Å². The Morgan fingerprint density at radius 3 is 1.50 bits per heavy atom. The van der Waals surface area contributed by atoms with Crippen LogP contribution in [0.25, 0.3) is 88.8 Å². The maximum Gasteiger partial charge on any atom is 0.169 e. The highest BCUT2D eigenvalue weighted by Crippen LogP contribution is 2.52. The summed E-state index contributed by atoms with van der Waals surface area (Å²) in [5, 5.41) is 2.38. The number of anilines is 3. The molecule has 344 valence electrons. The van der Waals surface area contributed by atoms with Gasteiger partial charge in [0.2, 0.25) is 0 Å². The Hall–Kier alpha value is -9.13. The third-order valence-corrected chi connectivity index (χ3v) is 14.9. The molecule has 6 nitrogen and oxygen atoms in total. The second-order valence-corrected chi connectivity index (χ2v) is 19.7. The van der Waals surface area contributed by atoms with E-state index in [1.807, 2.05) is 25.8 Å². The Bertz CT molecular complexity index is 3960. The summed E-state index contributed by atoms with van der Waals surface area (Å²) < 4.78 is 8.61. The highest BCUT2D eigenvalue weighted by atomic mass is 15.1. The zero-order valence-electron chi connectivity index (χ0n) is 40.8. The van der Waals surface area contributed by atoms with E-state index in [0.29, 0.717) is 0 Å². The van der Waals surface area contributed by atoms with Crippen LogP contribution in [-0.2, 0) is 19.5 Å². The Morgan fingerprint density at radius 2 is 0.875 bits per heavy atom. The molecule has 0 radical (unpaired) electrons. The van der Waals surface area contributed by atoms with E-state index in [9.17, 15) is 0 Å². The van der Waals surface area contributed by atoms with Gasteiger partial charge < -0.3 is 14.0 Å². The lowest BCUT2D eigenvalue weighted by molar-refractivity contribution is -0.671. The van der Waals surface area contributed by atoms with E-state index in [0.717, 1.165) is 50.6 Å². The number of imidazole rings is 1. The van der Waals surface area contributed by atoms with Crippen LogP contribution in [-0.4, -0.2) is 14.1 Å². The molecule has 0 fully saturated rings. The predicted octanol–water partition coefficient (Wildman–Crippen LogP) is 15.1. The van der Waals surface area contributed by atoms with E-state index < -0.39 is 0 Å². The van der Waals surface area contributed by atoms with Gasteiger partial charge in [0.05, 0.1) is 17.4 Å². The number of rotatable bonds is 9. The molecule has 1 aliphatic carbocycles. The number of hydrogen-bond acceptors (Lipinski definition) is 2. The maximum absolute atomic E-state index is 4.36. The first-order valence-electron chi connectivity index (χ1n) is 24.7. The lowest BCUT2D eigenvalue weighted by atomic mass is 9.81. The van der Waals surface area contributed by atoms with Gasteiger partial charge >= 0.3 is 0 Å². The third-order valence-electron chi connectivity index (χ3n) is 14.9. The molecule has 0 unspecified atom stereocenters. The normalized spacial score (nSPS) is 12.6. The molecule has 8 aromatic carbocycles. The van der Waals surface area contributed by atoms with E-state index in [4.69, 9.17) is 0 Å². The minimum absolute atomic E-state index is 0.200. The molecule has 0 bridgehead atoms. The highest BCUT2D eigenvalue weighted by molar-refractivity contribution is 6.11. The SMILES string of the molecule is C[n+]1ccc(-c2ccc(-n3c4ccc(-c5ccc(N(c6ccc(-c7ccccc7)cc6)c6ccc7c(c6)C(C)(C)c6cc(-c8cc[n+](C)cc8)ccc6-7)cc5)cc4c4cc(-n5ccnc5)ccc43)cc2)cc1. The molecule has 0 N–H and O–H groups in total. The quantitative estimate of drug-likeness (QED) is 0.135. The van der Waals surface area contributed by atoms with Crippen LogP contribution in [0.3, 0.4) is 0 Å². The highest BCUT2D eigenvalue weighted by Gasteiger charge is 2.36. The van der Waals surface area contributed by atoms with Gasteiger partial charge in [-0.2, -0.15) is 0 Å². The van der Waals surface area contributed by atoms with Crippen molar-refractivity contribution in [2.24, 2.45) is 14.1 Å². The lowest BCUT2D eigenvalue weighted by Crippen LogP contribution is -2.25. The molecule has 12 aromatic rings. The molecule has 1 aliphatic rings. The smallest absolute Gasteiger partial charge is 0.169 e. The summed E-state index contributed by atoms with van der Waals surface area (Å²) in [6, 6.07) is 74.1. The fraction of sp³-hybridized carbons (Fsp3) is 0.0758. The van der Waals surface area contributed by atoms with Gasteiger partial charge in [-0.3, -0.25) is 0 Å². The van der Waals surface area contributed by atoms with Crippen molar-refractivity contribution in [3.8, 4) is 67.0 Å². The molecule has 13 rings (SSSR count). The number of aromatic nitrogens is 5. The van der Waals surface area contributed by atoms with Crippen LogP contribution in [0.2, 0.25) is 0 Å². The topological polar surface area (TPSA) is 33.8 Å². The van der Waals surface area contributed by atoms with Gasteiger partial charge in [0.1, 0.15) is 14.1 Å². The molecule has 0 saturated heterocycles. The van der Waals surface area contributed by atoms with Crippen LogP contribution in [0.15, 0.2) is 244 Å². The third kappa shape index (κ3) is 7.39. The van der Waals surface area contributed by atoms with Gasteiger partial charge in [-0.15, -0.1) is 0 Å². The second-order valence-electron chi connectivity index (χ2n) is 19.7. The molecule has 0 saturated carbocycles. The van der Waals surface area contributed by atoms with Crippen molar-refractivity contribution < 1.29 is 9.13 Å².